The Kier molecular flexibility index (Phi) is 9.24. The molecule has 10 heteroatoms. The lowest BCUT2D eigenvalue weighted by Crippen LogP contribution is -2.55. The fourth-order valence-corrected chi connectivity index (χ4v) is 3.83. The Labute approximate surface area is 210 Å². The highest BCUT2D eigenvalue weighted by Gasteiger charge is 2.30. The van der Waals surface area contributed by atoms with Gasteiger partial charge in [-0.25, -0.2) is 9.37 Å². The molecular weight excluding hydrogens is 540 g/mol. The van der Waals surface area contributed by atoms with Crippen LogP contribution in [0.1, 0.15) is 18.4 Å². The molecule has 178 valence electrons. The van der Waals surface area contributed by atoms with E-state index in [4.69, 9.17) is 9.47 Å². The summed E-state index contributed by atoms with van der Waals surface area (Å²) in [4.78, 5) is 25.3. The Morgan fingerprint density at radius 1 is 1.18 bits per heavy atom. The van der Waals surface area contributed by atoms with Crippen molar-refractivity contribution in [2.45, 2.75) is 25.5 Å². The maximum atomic E-state index is 13.0. The van der Waals surface area contributed by atoms with Crippen LogP contribution in [0.4, 0.5) is 4.39 Å². The number of ether oxygens (including phenoxy) is 2. The van der Waals surface area contributed by atoms with Crippen molar-refractivity contribution in [1.29, 1.82) is 0 Å². The van der Waals surface area contributed by atoms with Gasteiger partial charge >= 0.3 is 0 Å². The molecule has 1 aromatic heterocycles. The monoisotopic (exact) mass is 569 g/mol. The normalized spacial score (nSPS) is 18.6. The Hall–Kier alpha value is -2.47. The molecule has 1 unspecified atom stereocenters. The first-order valence-corrected chi connectivity index (χ1v) is 10.9. The van der Waals surface area contributed by atoms with Gasteiger partial charge in [0.15, 0.2) is 5.96 Å². The van der Waals surface area contributed by atoms with Crippen LogP contribution in [0, 0.1) is 5.82 Å². The molecule has 2 fully saturated rings. The second-order valence-corrected chi connectivity index (χ2v) is 7.78. The number of benzene rings is 1. The van der Waals surface area contributed by atoms with Crippen molar-refractivity contribution in [3.05, 3.63) is 54.0 Å². The average molecular weight is 569 g/mol. The topological polar surface area (TPSA) is 79.3 Å². The second kappa shape index (κ2) is 12.1. The first kappa shape index (κ1) is 25.2. The minimum absolute atomic E-state index is 0. The van der Waals surface area contributed by atoms with Gasteiger partial charge < -0.3 is 24.6 Å². The van der Waals surface area contributed by atoms with Crippen molar-refractivity contribution < 1.29 is 18.7 Å². The molecule has 3 heterocycles. The fraction of sp³-hybridized carbons (Fsp3) is 0.435. The molecule has 1 atom stereocenters. The number of carbonyl (C=O) groups excluding carboxylic acids is 1. The molecule has 4 rings (SSSR count). The molecule has 0 spiro atoms. The number of amides is 1. The molecule has 1 N–H and O–H groups in total. The summed E-state index contributed by atoms with van der Waals surface area (Å²) in [6.45, 7) is 4.01. The van der Waals surface area contributed by atoms with Crippen LogP contribution in [0.5, 0.6) is 11.6 Å². The van der Waals surface area contributed by atoms with Crippen molar-refractivity contribution in [2.75, 3.05) is 39.8 Å². The van der Waals surface area contributed by atoms with E-state index in [2.05, 4.69) is 20.2 Å². The average Bonchev–Trinajstić information content (AvgIpc) is 3.37. The van der Waals surface area contributed by atoms with Gasteiger partial charge in [0.2, 0.25) is 5.88 Å². The first-order valence-electron chi connectivity index (χ1n) is 10.9. The molecule has 1 amide bonds. The third-order valence-electron chi connectivity index (χ3n) is 5.59. The number of aromatic nitrogens is 1. The summed E-state index contributed by atoms with van der Waals surface area (Å²) in [5.41, 5.74) is 0.977. The molecule has 1 aromatic carbocycles. The van der Waals surface area contributed by atoms with Crippen LogP contribution < -0.4 is 10.1 Å². The lowest BCUT2D eigenvalue weighted by atomic mass is 10.2. The maximum absolute atomic E-state index is 13.0. The highest BCUT2D eigenvalue weighted by molar-refractivity contribution is 14.0. The van der Waals surface area contributed by atoms with Gasteiger partial charge in [-0.2, -0.15) is 0 Å². The Morgan fingerprint density at radius 3 is 2.52 bits per heavy atom. The third kappa shape index (κ3) is 6.76. The number of rotatable bonds is 5. The van der Waals surface area contributed by atoms with Crippen LogP contribution >= 0.6 is 24.0 Å². The number of nitrogens with one attached hydrogen (secondary N) is 1. The predicted molar refractivity (Wildman–Crippen MR) is 133 cm³/mol. The third-order valence-corrected chi connectivity index (χ3v) is 5.59. The van der Waals surface area contributed by atoms with E-state index in [9.17, 15) is 9.18 Å². The molecule has 0 saturated carbocycles. The zero-order valence-electron chi connectivity index (χ0n) is 18.6. The van der Waals surface area contributed by atoms with Crippen LogP contribution in [0.15, 0.2) is 47.6 Å². The highest BCUT2D eigenvalue weighted by atomic mass is 127. The van der Waals surface area contributed by atoms with Gasteiger partial charge in [0.25, 0.3) is 5.91 Å². The molecule has 2 aromatic rings. The molecule has 8 nitrogen and oxygen atoms in total. The first-order chi connectivity index (χ1) is 15.6. The second-order valence-electron chi connectivity index (χ2n) is 7.78. The maximum Gasteiger partial charge on any atom is 0.251 e. The summed E-state index contributed by atoms with van der Waals surface area (Å²) in [7, 11) is 1.75. The lowest BCUT2D eigenvalue weighted by Gasteiger charge is -2.37. The number of hydrogen-bond acceptors (Lipinski definition) is 5. The summed E-state index contributed by atoms with van der Waals surface area (Å²) in [6, 6.07) is 9.51. The number of nitrogens with zero attached hydrogens (tertiary/aromatic N) is 4. The number of carbonyl (C=O) groups is 1. The number of pyridine rings is 1. The molecule has 0 radical (unpaired) electrons. The summed E-state index contributed by atoms with van der Waals surface area (Å²) in [6.07, 6.45) is 3.25. The Balaban J connectivity index is 0.00000306. The van der Waals surface area contributed by atoms with Crippen molar-refractivity contribution in [3.8, 4) is 11.6 Å². The van der Waals surface area contributed by atoms with Gasteiger partial charge in [-0.15, -0.1) is 24.0 Å². The molecule has 0 aliphatic carbocycles. The number of hydrogen-bond donors (Lipinski definition) is 1. The predicted octanol–water partition coefficient (Wildman–Crippen LogP) is 3.03. The van der Waals surface area contributed by atoms with E-state index in [0.29, 0.717) is 37.9 Å². The molecule has 33 heavy (non-hydrogen) atoms. The van der Waals surface area contributed by atoms with E-state index >= 15 is 0 Å². The zero-order valence-corrected chi connectivity index (χ0v) is 20.9. The van der Waals surface area contributed by atoms with Gasteiger partial charge in [0.1, 0.15) is 17.7 Å². The number of halogens is 2. The van der Waals surface area contributed by atoms with Gasteiger partial charge in [0, 0.05) is 58.6 Å². The molecular formula is C23H29FIN5O3. The summed E-state index contributed by atoms with van der Waals surface area (Å²) in [5, 5.41) is 3.36. The number of aliphatic imine (C=N–C) groups is 1. The van der Waals surface area contributed by atoms with Crippen molar-refractivity contribution in [1.82, 2.24) is 20.1 Å². The largest absolute Gasteiger partial charge is 0.439 e. The van der Waals surface area contributed by atoms with Crippen molar-refractivity contribution >= 4 is 35.8 Å². The van der Waals surface area contributed by atoms with E-state index < -0.39 is 0 Å². The molecule has 2 aliphatic rings. The van der Waals surface area contributed by atoms with Crippen LogP contribution in [0.25, 0.3) is 0 Å². The summed E-state index contributed by atoms with van der Waals surface area (Å²) >= 11 is 0. The van der Waals surface area contributed by atoms with Gasteiger partial charge in [0.05, 0.1) is 0 Å². The lowest BCUT2D eigenvalue weighted by molar-refractivity contribution is -0.142. The Morgan fingerprint density at radius 2 is 1.91 bits per heavy atom. The van der Waals surface area contributed by atoms with Crippen molar-refractivity contribution in [3.63, 3.8) is 0 Å². The summed E-state index contributed by atoms with van der Waals surface area (Å²) < 4.78 is 24.1. The quantitative estimate of drug-likeness (QED) is 0.339. The van der Waals surface area contributed by atoms with Crippen LogP contribution in [0.2, 0.25) is 0 Å². The van der Waals surface area contributed by atoms with E-state index in [-0.39, 0.29) is 41.8 Å². The van der Waals surface area contributed by atoms with E-state index in [1.165, 1.54) is 12.1 Å². The highest BCUT2D eigenvalue weighted by Crippen LogP contribution is 2.20. The SMILES string of the molecule is CN=C(NCc1ccc(Oc2ccc(F)cc2)nc1)N1CCN(C(=O)C2CCCO2)CC1.I. The standard InChI is InChI=1S/C23H28FN5O3.HI/c1-25-23(29-12-10-28(11-13-29)22(30)20-3-2-14-31-20)27-16-17-4-9-21(26-15-17)32-19-7-5-18(24)6-8-19;/h4-9,15,20H,2-3,10-14,16H2,1H3,(H,25,27);1H. The van der Waals surface area contributed by atoms with Gasteiger partial charge in [-0.3, -0.25) is 9.79 Å². The minimum atomic E-state index is -0.309. The van der Waals surface area contributed by atoms with Crippen LogP contribution in [-0.4, -0.2) is 72.6 Å². The van der Waals surface area contributed by atoms with E-state index in [0.717, 1.165) is 37.5 Å². The number of guanidine groups is 1. The Bertz CT molecular complexity index is 928. The smallest absolute Gasteiger partial charge is 0.251 e. The van der Waals surface area contributed by atoms with E-state index in [1.54, 1.807) is 31.4 Å². The van der Waals surface area contributed by atoms with Gasteiger partial charge in [-0.05, 0) is 42.7 Å². The fourth-order valence-electron chi connectivity index (χ4n) is 3.83. The summed E-state index contributed by atoms with van der Waals surface area (Å²) in [5.74, 6) is 1.56. The van der Waals surface area contributed by atoms with Gasteiger partial charge in [-0.1, -0.05) is 6.07 Å². The molecule has 2 aliphatic heterocycles. The van der Waals surface area contributed by atoms with E-state index in [1.807, 2.05) is 11.0 Å². The molecule has 2 saturated heterocycles. The molecule has 0 bridgehead atoms. The van der Waals surface area contributed by atoms with Crippen LogP contribution in [0.3, 0.4) is 0 Å². The zero-order chi connectivity index (χ0) is 22.3. The number of piperazine rings is 1. The van der Waals surface area contributed by atoms with Crippen molar-refractivity contribution in [2.24, 2.45) is 4.99 Å². The minimum Gasteiger partial charge on any atom is -0.439 e. The van der Waals surface area contributed by atoms with Crippen LogP contribution in [-0.2, 0) is 16.1 Å².